The number of carbonyl (C=O) groups is 3. The van der Waals surface area contributed by atoms with Crippen molar-refractivity contribution in [2.45, 2.75) is 90.1 Å². The van der Waals surface area contributed by atoms with Crippen molar-refractivity contribution in [2.24, 2.45) is 5.92 Å². The first-order valence-electron chi connectivity index (χ1n) is 9.56. The Bertz CT molecular complexity index is 500. The Morgan fingerprint density at radius 3 is 1.97 bits per heavy atom. The number of aliphatic hydroxyl groups is 1. The molecule has 0 aliphatic carbocycles. The average molecular weight is 430 g/mol. The van der Waals surface area contributed by atoms with Gasteiger partial charge >= 0.3 is 12.1 Å². The van der Waals surface area contributed by atoms with Crippen molar-refractivity contribution in [1.29, 1.82) is 0 Å². The van der Waals surface area contributed by atoms with E-state index in [1.165, 1.54) is 12.8 Å². The lowest BCUT2D eigenvalue weighted by Gasteiger charge is -2.20. The monoisotopic (exact) mass is 430 g/mol. The Morgan fingerprint density at radius 1 is 1.10 bits per heavy atom. The number of nitrogens with one attached hydrogen (secondary N) is 1. The summed E-state index contributed by atoms with van der Waals surface area (Å²) in [6.07, 6.45) is 0.0752. The van der Waals surface area contributed by atoms with Crippen LogP contribution in [0.2, 0.25) is 0 Å². The summed E-state index contributed by atoms with van der Waals surface area (Å²) in [5.41, 5.74) is 3.83. The minimum atomic E-state index is -5.19. The van der Waals surface area contributed by atoms with E-state index in [0.717, 1.165) is 19.3 Å². The fourth-order valence-electron chi connectivity index (χ4n) is 2.33. The standard InChI is InChI=1S/C16H32N2O4.C2HF3O2/c1-4-5-6-7-8-9-12(17)14(19)15(20)18-13(16(21)22)10-11(2)3;3-2(4,5)1(6)7/h11-14,19H,4-10,17H2,1-3H3,(H,18,20)(H,21,22);(H,6,7)/t12-,13+,14+;/m1./s1. The van der Waals surface area contributed by atoms with Crippen molar-refractivity contribution in [3.63, 3.8) is 0 Å². The van der Waals surface area contributed by atoms with Gasteiger partial charge in [0.1, 0.15) is 18.1 Å². The van der Waals surface area contributed by atoms with Crippen molar-refractivity contribution in [3.8, 4) is 0 Å². The highest BCUT2D eigenvalue weighted by Gasteiger charge is 2.30. The molecule has 6 N–H and O–H groups in total. The number of rotatable bonds is 12. The molecule has 0 fully saturated rings. The first-order chi connectivity index (χ1) is 13.2. The number of aliphatic hydroxyl groups excluding tert-OH is 1. The number of carboxylic acids is 2. The molecule has 0 aliphatic heterocycles. The SMILES string of the molecule is CCCCCCC[C@@H]([NH3+])[C@H](O)C(=O)N[C@@H](CC(C)C)C(=O)O.O=C([O-])C(F)(F)F. The molecule has 0 unspecified atom stereocenters. The zero-order valence-electron chi connectivity index (χ0n) is 17.1. The van der Waals surface area contributed by atoms with Gasteiger partial charge in [-0.1, -0.05) is 46.5 Å². The first kappa shape index (κ1) is 29.3. The number of unbranched alkanes of at least 4 members (excludes halogenated alkanes) is 4. The number of carbonyl (C=O) groups excluding carboxylic acids is 2. The molecule has 0 aromatic rings. The van der Waals surface area contributed by atoms with Crippen LogP contribution in [-0.4, -0.2) is 52.4 Å². The van der Waals surface area contributed by atoms with Crippen molar-refractivity contribution >= 4 is 17.8 Å². The molecule has 0 saturated heterocycles. The highest BCUT2D eigenvalue weighted by atomic mass is 19.4. The van der Waals surface area contributed by atoms with Crippen LogP contribution in [0.1, 0.15) is 65.7 Å². The summed E-state index contributed by atoms with van der Waals surface area (Å²) in [5, 5.41) is 30.3. The van der Waals surface area contributed by atoms with E-state index < -0.39 is 42.2 Å². The fraction of sp³-hybridized carbons (Fsp3) is 0.833. The Morgan fingerprint density at radius 2 is 1.59 bits per heavy atom. The molecular weight excluding hydrogens is 397 g/mol. The maximum Gasteiger partial charge on any atom is 0.430 e. The largest absolute Gasteiger partial charge is 0.542 e. The predicted octanol–water partition coefficient (Wildman–Crippen LogP) is 0.232. The van der Waals surface area contributed by atoms with Crippen molar-refractivity contribution in [2.75, 3.05) is 0 Å². The van der Waals surface area contributed by atoms with Gasteiger partial charge in [-0.15, -0.1) is 0 Å². The highest BCUT2D eigenvalue weighted by molar-refractivity contribution is 5.86. The summed E-state index contributed by atoms with van der Waals surface area (Å²) in [7, 11) is 0. The third-order valence-corrected chi connectivity index (χ3v) is 3.95. The van der Waals surface area contributed by atoms with Crippen LogP contribution in [0.15, 0.2) is 0 Å². The lowest BCUT2D eigenvalue weighted by Crippen LogP contribution is -2.69. The van der Waals surface area contributed by atoms with Crippen LogP contribution in [0.5, 0.6) is 0 Å². The molecule has 0 saturated carbocycles. The van der Waals surface area contributed by atoms with Gasteiger partial charge in [-0.05, 0) is 18.8 Å². The second-order valence-electron chi connectivity index (χ2n) is 7.22. The molecule has 0 heterocycles. The van der Waals surface area contributed by atoms with E-state index >= 15 is 0 Å². The number of hydrogen-bond donors (Lipinski definition) is 4. The van der Waals surface area contributed by atoms with E-state index in [2.05, 4.69) is 18.0 Å². The molecule has 0 rings (SSSR count). The third-order valence-electron chi connectivity index (χ3n) is 3.95. The molecular formula is C18H33F3N2O6. The molecule has 29 heavy (non-hydrogen) atoms. The van der Waals surface area contributed by atoms with Crippen LogP contribution in [0.4, 0.5) is 13.2 Å². The van der Waals surface area contributed by atoms with Gasteiger partial charge in [-0.25, -0.2) is 4.79 Å². The molecule has 0 aromatic heterocycles. The van der Waals surface area contributed by atoms with Gasteiger partial charge in [-0.2, -0.15) is 13.2 Å². The minimum absolute atomic E-state index is 0.146. The van der Waals surface area contributed by atoms with Crippen molar-refractivity contribution < 1.29 is 48.6 Å². The van der Waals surface area contributed by atoms with Crippen molar-refractivity contribution in [1.82, 2.24) is 5.32 Å². The lowest BCUT2D eigenvalue weighted by atomic mass is 10.0. The Balaban J connectivity index is 0. The van der Waals surface area contributed by atoms with Crippen molar-refractivity contribution in [3.05, 3.63) is 0 Å². The van der Waals surface area contributed by atoms with E-state index in [1.807, 2.05) is 13.8 Å². The molecule has 172 valence electrons. The first-order valence-corrected chi connectivity index (χ1v) is 9.56. The second-order valence-corrected chi connectivity index (χ2v) is 7.22. The number of halogens is 3. The molecule has 0 bridgehead atoms. The number of quaternary nitrogens is 1. The number of aliphatic carboxylic acids is 2. The summed E-state index contributed by atoms with van der Waals surface area (Å²) in [4.78, 5) is 31.9. The molecule has 8 nitrogen and oxygen atoms in total. The molecule has 0 radical (unpaired) electrons. The van der Waals surface area contributed by atoms with Gasteiger partial charge in [0, 0.05) is 6.42 Å². The van der Waals surface area contributed by atoms with Crippen LogP contribution >= 0.6 is 0 Å². The van der Waals surface area contributed by atoms with Crippen LogP contribution in [-0.2, 0) is 14.4 Å². The zero-order chi connectivity index (χ0) is 23.2. The molecule has 0 aliphatic rings. The number of alkyl halides is 3. The zero-order valence-corrected chi connectivity index (χ0v) is 17.1. The summed E-state index contributed by atoms with van der Waals surface area (Å²) < 4.78 is 31.5. The Kier molecular flexibility index (Phi) is 15.2. The van der Waals surface area contributed by atoms with Crippen LogP contribution in [0.25, 0.3) is 0 Å². The minimum Gasteiger partial charge on any atom is -0.542 e. The quantitative estimate of drug-likeness (QED) is 0.325. The van der Waals surface area contributed by atoms with Crippen LogP contribution in [0, 0.1) is 5.92 Å². The molecule has 11 heteroatoms. The molecule has 3 atom stereocenters. The normalized spacial score (nSPS) is 14.4. The molecule has 0 aromatic carbocycles. The van der Waals surface area contributed by atoms with E-state index in [4.69, 9.17) is 15.0 Å². The lowest BCUT2D eigenvalue weighted by molar-refractivity contribution is -0.434. The topological polar surface area (TPSA) is 154 Å². The fourth-order valence-corrected chi connectivity index (χ4v) is 2.33. The van der Waals surface area contributed by atoms with Crippen LogP contribution < -0.4 is 16.2 Å². The number of amides is 1. The molecule has 0 spiro atoms. The third kappa shape index (κ3) is 15.7. The van der Waals surface area contributed by atoms with Gasteiger partial charge in [-0.3, -0.25) is 4.79 Å². The van der Waals surface area contributed by atoms with Gasteiger partial charge in [0.15, 0.2) is 6.10 Å². The van der Waals surface area contributed by atoms with Gasteiger partial charge in [0.25, 0.3) is 5.91 Å². The van der Waals surface area contributed by atoms with Crippen LogP contribution in [0.3, 0.4) is 0 Å². The summed E-state index contributed by atoms with van der Waals surface area (Å²) in [6.45, 7) is 5.92. The summed E-state index contributed by atoms with van der Waals surface area (Å²) >= 11 is 0. The number of carboxylic acid groups (broad SMARTS) is 2. The highest BCUT2D eigenvalue weighted by Crippen LogP contribution is 2.11. The summed E-state index contributed by atoms with van der Waals surface area (Å²) in [6, 6.07) is -1.37. The van der Waals surface area contributed by atoms with Gasteiger partial charge in [0.2, 0.25) is 0 Å². The Hall–Kier alpha value is -1.88. The second kappa shape index (κ2) is 15.0. The Labute approximate surface area is 168 Å². The predicted molar refractivity (Wildman–Crippen MR) is 96.1 cm³/mol. The summed E-state index contributed by atoms with van der Waals surface area (Å²) in [5.74, 6) is -4.57. The van der Waals surface area contributed by atoms with E-state index in [-0.39, 0.29) is 5.92 Å². The maximum absolute atomic E-state index is 12.0. The smallest absolute Gasteiger partial charge is 0.430 e. The van der Waals surface area contributed by atoms with E-state index in [0.29, 0.717) is 12.8 Å². The van der Waals surface area contributed by atoms with E-state index in [9.17, 15) is 27.9 Å². The van der Waals surface area contributed by atoms with Gasteiger partial charge < -0.3 is 31.2 Å². The molecule has 1 amide bonds. The maximum atomic E-state index is 12.0. The van der Waals surface area contributed by atoms with E-state index in [1.54, 1.807) is 0 Å². The average Bonchev–Trinajstić information content (AvgIpc) is 2.59. The number of hydrogen-bond acceptors (Lipinski definition) is 5. The van der Waals surface area contributed by atoms with Gasteiger partial charge in [0.05, 0.1) is 0 Å².